The van der Waals surface area contributed by atoms with Crippen LogP contribution in [0.3, 0.4) is 0 Å². The van der Waals surface area contributed by atoms with Gasteiger partial charge in [-0.25, -0.2) is 4.79 Å². The molecule has 2 aromatic rings. The topological polar surface area (TPSA) is 58.6 Å². The fraction of sp³-hybridized carbons (Fsp3) is 0.312. The molecule has 0 atom stereocenters. The van der Waals surface area contributed by atoms with Crippen molar-refractivity contribution in [1.29, 1.82) is 0 Å². The maximum absolute atomic E-state index is 11.8. The average molecular weight is 273 g/mol. The molecule has 0 bridgehead atoms. The molecule has 0 saturated heterocycles. The number of hydrogen-bond acceptors (Lipinski definition) is 3. The summed E-state index contributed by atoms with van der Waals surface area (Å²) in [6.45, 7) is 7.27. The van der Waals surface area contributed by atoms with E-state index < -0.39 is 11.7 Å². The van der Waals surface area contributed by atoms with E-state index in [1.165, 1.54) is 0 Å². The van der Waals surface area contributed by atoms with Gasteiger partial charge in [0.2, 0.25) is 0 Å². The first-order valence-electron chi connectivity index (χ1n) is 6.49. The smallest absolute Gasteiger partial charge is 0.412 e. The molecular weight excluding hydrogens is 254 g/mol. The van der Waals surface area contributed by atoms with Gasteiger partial charge in [0.15, 0.2) is 0 Å². The summed E-state index contributed by atoms with van der Waals surface area (Å²) in [5.74, 6) is 0.232. The lowest BCUT2D eigenvalue weighted by Gasteiger charge is -2.20. The molecule has 0 aliphatic rings. The van der Waals surface area contributed by atoms with Gasteiger partial charge in [0.25, 0.3) is 0 Å². The molecule has 0 saturated carbocycles. The minimum Gasteiger partial charge on any atom is -0.507 e. The molecule has 2 aromatic carbocycles. The van der Waals surface area contributed by atoms with Gasteiger partial charge in [-0.2, -0.15) is 0 Å². The molecule has 0 heterocycles. The van der Waals surface area contributed by atoms with Gasteiger partial charge in [0, 0.05) is 10.8 Å². The molecule has 0 aromatic heterocycles. The summed E-state index contributed by atoms with van der Waals surface area (Å²) in [5.41, 5.74) is 0.867. The van der Waals surface area contributed by atoms with Crippen molar-refractivity contribution >= 4 is 22.6 Å². The highest BCUT2D eigenvalue weighted by molar-refractivity contribution is 6.02. The molecule has 0 radical (unpaired) electrons. The van der Waals surface area contributed by atoms with E-state index in [1.807, 2.05) is 45.9 Å². The number of amides is 1. The number of benzene rings is 2. The number of ether oxygens (including phenoxy) is 1. The van der Waals surface area contributed by atoms with Gasteiger partial charge in [-0.15, -0.1) is 0 Å². The number of anilines is 1. The first-order chi connectivity index (χ1) is 9.28. The van der Waals surface area contributed by atoms with Crippen molar-refractivity contribution in [2.75, 3.05) is 5.32 Å². The molecule has 0 spiro atoms. The van der Waals surface area contributed by atoms with Crippen LogP contribution in [0.2, 0.25) is 0 Å². The van der Waals surface area contributed by atoms with Crippen molar-refractivity contribution in [3.05, 3.63) is 35.9 Å². The zero-order chi connectivity index (χ0) is 14.9. The third-order valence-corrected chi connectivity index (χ3v) is 2.87. The largest absolute Gasteiger partial charge is 0.507 e. The highest BCUT2D eigenvalue weighted by Crippen LogP contribution is 2.32. The van der Waals surface area contributed by atoms with Crippen LogP contribution in [-0.2, 0) is 4.74 Å². The monoisotopic (exact) mass is 273 g/mol. The van der Waals surface area contributed by atoms with Gasteiger partial charge in [0.1, 0.15) is 11.4 Å². The molecule has 2 rings (SSSR count). The predicted molar refractivity (Wildman–Crippen MR) is 80.2 cm³/mol. The molecule has 20 heavy (non-hydrogen) atoms. The van der Waals surface area contributed by atoms with Crippen molar-refractivity contribution in [1.82, 2.24) is 0 Å². The Balaban J connectivity index is 2.36. The second-order valence-electron chi connectivity index (χ2n) is 5.76. The number of aromatic hydroxyl groups is 1. The van der Waals surface area contributed by atoms with Crippen LogP contribution in [0.25, 0.3) is 10.8 Å². The molecule has 1 amide bonds. The Morgan fingerprint density at radius 1 is 1.15 bits per heavy atom. The first-order valence-corrected chi connectivity index (χ1v) is 6.49. The first kappa shape index (κ1) is 14.2. The van der Waals surface area contributed by atoms with Gasteiger partial charge in [-0.1, -0.05) is 24.3 Å². The standard InChI is InChI=1S/C16H19NO3/c1-10-8-9-11-12(14(10)18)6-5-7-13(11)17-15(19)20-16(2,3)4/h5-9,18H,1-4H3,(H,17,19). The molecule has 0 aliphatic heterocycles. The minimum atomic E-state index is -0.548. The van der Waals surface area contributed by atoms with Gasteiger partial charge in [0.05, 0.1) is 5.69 Å². The quantitative estimate of drug-likeness (QED) is 0.818. The van der Waals surface area contributed by atoms with E-state index >= 15 is 0 Å². The average Bonchev–Trinajstić information content (AvgIpc) is 2.32. The summed E-state index contributed by atoms with van der Waals surface area (Å²) in [6, 6.07) is 9.07. The van der Waals surface area contributed by atoms with Crippen molar-refractivity contribution in [3.63, 3.8) is 0 Å². The lowest BCUT2D eigenvalue weighted by Crippen LogP contribution is -2.27. The second-order valence-corrected chi connectivity index (χ2v) is 5.76. The number of aryl methyl sites for hydroxylation is 1. The van der Waals surface area contributed by atoms with Crippen molar-refractivity contribution < 1.29 is 14.6 Å². The summed E-state index contributed by atoms with van der Waals surface area (Å²) < 4.78 is 5.23. The van der Waals surface area contributed by atoms with E-state index in [0.29, 0.717) is 11.1 Å². The molecular formula is C16H19NO3. The molecule has 0 aliphatic carbocycles. The Morgan fingerprint density at radius 2 is 1.85 bits per heavy atom. The third-order valence-electron chi connectivity index (χ3n) is 2.87. The van der Waals surface area contributed by atoms with Crippen LogP contribution in [0.15, 0.2) is 30.3 Å². The molecule has 4 heteroatoms. The van der Waals surface area contributed by atoms with Gasteiger partial charge >= 0.3 is 6.09 Å². The van der Waals surface area contributed by atoms with Gasteiger partial charge < -0.3 is 9.84 Å². The summed E-state index contributed by atoms with van der Waals surface area (Å²) in [4.78, 5) is 11.8. The Hall–Kier alpha value is -2.23. The van der Waals surface area contributed by atoms with Crippen molar-refractivity contribution in [2.45, 2.75) is 33.3 Å². The number of nitrogens with one attached hydrogen (secondary N) is 1. The van der Waals surface area contributed by atoms with E-state index in [1.54, 1.807) is 12.1 Å². The lowest BCUT2D eigenvalue weighted by atomic mass is 10.0. The normalized spacial score (nSPS) is 11.4. The minimum absolute atomic E-state index is 0.232. The highest BCUT2D eigenvalue weighted by atomic mass is 16.6. The number of carbonyl (C=O) groups excluding carboxylic acids is 1. The third kappa shape index (κ3) is 3.02. The van der Waals surface area contributed by atoms with Crippen LogP contribution in [0.5, 0.6) is 5.75 Å². The number of rotatable bonds is 1. The van der Waals surface area contributed by atoms with E-state index in [4.69, 9.17) is 4.74 Å². The summed E-state index contributed by atoms with van der Waals surface area (Å²) in [6.07, 6.45) is -0.509. The fourth-order valence-corrected chi connectivity index (χ4v) is 1.97. The molecule has 2 N–H and O–H groups in total. The number of hydrogen-bond donors (Lipinski definition) is 2. The van der Waals surface area contributed by atoms with Crippen LogP contribution in [-0.4, -0.2) is 16.8 Å². The maximum Gasteiger partial charge on any atom is 0.412 e. The summed E-state index contributed by atoms with van der Waals surface area (Å²) in [7, 11) is 0. The Bertz CT molecular complexity index is 657. The van der Waals surface area contributed by atoms with Crippen molar-refractivity contribution in [3.8, 4) is 5.75 Å². The summed E-state index contributed by atoms with van der Waals surface area (Å²) in [5, 5.41) is 14.3. The van der Waals surface area contributed by atoms with Crippen LogP contribution >= 0.6 is 0 Å². The van der Waals surface area contributed by atoms with E-state index in [-0.39, 0.29) is 5.75 Å². The Morgan fingerprint density at radius 3 is 2.50 bits per heavy atom. The van der Waals surface area contributed by atoms with Crippen LogP contribution < -0.4 is 5.32 Å². The molecule has 0 unspecified atom stereocenters. The number of carbonyl (C=O) groups is 1. The van der Waals surface area contributed by atoms with Crippen LogP contribution in [0.4, 0.5) is 10.5 Å². The molecule has 106 valence electrons. The van der Waals surface area contributed by atoms with Crippen LogP contribution in [0.1, 0.15) is 26.3 Å². The number of fused-ring (bicyclic) bond motifs is 1. The van der Waals surface area contributed by atoms with Crippen LogP contribution in [0, 0.1) is 6.92 Å². The van der Waals surface area contributed by atoms with Gasteiger partial charge in [-0.3, -0.25) is 5.32 Å². The maximum atomic E-state index is 11.8. The lowest BCUT2D eigenvalue weighted by molar-refractivity contribution is 0.0636. The predicted octanol–water partition coefficient (Wildman–Crippen LogP) is 4.20. The highest BCUT2D eigenvalue weighted by Gasteiger charge is 2.17. The Kier molecular flexibility index (Phi) is 3.57. The zero-order valence-electron chi connectivity index (χ0n) is 12.2. The van der Waals surface area contributed by atoms with Crippen molar-refractivity contribution in [2.24, 2.45) is 0 Å². The zero-order valence-corrected chi connectivity index (χ0v) is 12.2. The SMILES string of the molecule is Cc1ccc2c(NC(=O)OC(C)(C)C)cccc2c1O. The number of phenols is 1. The number of phenolic OH excluding ortho intramolecular Hbond substituents is 1. The van der Waals surface area contributed by atoms with E-state index in [9.17, 15) is 9.90 Å². The molecule has 4 nitrogen and oxygen atoms in total. The summed E-state index contributed by atoms with van der Waals surface area (Å²) >= 11 is 0. The van der Waals surface area contributed by atoms with E-state index in [2.05, 4.69) is 5.32 Å². The van der Waals surface area contributed by atoms with Gasteiger partial charge in [-0.05, 0) is 39.3 Å². The fourth-order valence-electron chi connectivity index (χ4n) is 1.97. The molecule has 0 fully saturated rings. The Labute approximate surface area is 118 Å². The van der Waals surface area contributed by atoms with E-state index in [0.717, 1.165) is 10.9 Å². The second kappa shape index (κ2) is 5.04.